The van der Waals surface area contributed by atoms with E-state index in [1.165, 1.54) is 7.05 Å². The molecule has 0 aliphatic heterocycles. The quantitative estimate of drug-likeness (QED) is 0.851. The van der Waals surface area contributed by atoms with Crippen LogP contribution in [0, 0.1) is 6.92 Å². The van der Waals surface area contributed by atoms with Crippen LogP contribution in [-0.2, 0) is 16.6 Å². The molecule has 21 heavy (non-hydrogen) atoms. The number of halogens is 1. The minimum absolute atomic E-state index is 0.294. The van der Waals surface area contributed by atoms with E-state index in [-0.39, 0.29) is 0 Å². The van der Waals surface area contributed by atoms with E-state index in [9.17, 15) is 8.42 Å². The van der Waals surface area contributed by atoms with Crippen LogP contribution in [0.1, 0.15) is 11.1 Å². The van der Waals surface area contributed by atoms with Gasteiger partial charge in [0.2, 0.25) is 10.0 Å². The van der Waals surface area contributed by atoms with Crippen molar-refractivity contribution in [2.75, 3.05) is 12.4 Å². The summed E-state index contributed by atoms with van der Waals surface area (Å²) >= 11 is 3.49. The highest BCUT2D eigenvalue weighted by Crippen LogP contribution is 2.22. The second-order valence-electron chi connectivity index (χ2n) is 4.63. The minimum Gasteiger partial charge on any atom is -0.381 e. The van der Waals surface area contributed by atoms with Crippen LogP contribution in [0.2, 0.25) is 0 Å². The number of nitrogens with one attached hydrogen (secondary N) is 2. The molecule has 0 radical (unpaired) electrons. The molecule has 0 fully saturated rings. The monoisotopic (exact) mass is 368 g/mol. The maximum atomic E-state index is 12.0. The SMILES string of the molecule is CNS(=O)(=O)c1cc(NCc2ccccc2Br)ccc1C. The minimum atomic E-state index is -3.44. The Morgan fingerprint density at radius 3 is 2.52 bits per heavy atom. The first-order chi connectivity index (χ1) is 9.94. The van der Waals surface area contributed by atoms with Gasteiger partial charge in [0.15, 0.2) is 0 Å². The Kier molecular flexibility index (Phi) is 5.03. The molecule has 0 unspecified atom stereocenters. The van der Waals surface area contributed by atoms with E-state index in [0.717, 1.165) is 21.3 Å². The van der Waals surface area contributed by atoms with E-state index in [0.29, 0.717) is 11.4 Å². The Labute approximate surface area is 133 Å². The van der Waals surface area contributed by atoms with Crippen molar-refractivity contribution in [3.63, 3.8) is 0 Å². The summed E-state index contributed by atoms with van der Waals surface area (Å²) in [5.41, 5.74) is 2.59. The number of anilines is 1. The second-order valence-corrected chi connectivity index (χ2v) is 7.34. The number of aryl methyl sites for hydroxylation is 1. The molecule has 0 aromatic heterocycles. The lowest BCUT2D eigenvalue weighted by atomic mass is 10.2. The van der Waals surface area contributed by atoms with E-state index >= 15 is 0 Å². The summed E-state index contributed by atoms with van der Waals surface area (Å²) in [6.45, 7) is 2.39. The highest BCUT2D eigenvalue weighted by molar-refractivity contribution is 9.10. The van der Waals surface area contributed by atoms with Crippen molar-refractivity contribution >= 4 is 31.6 Å². The van der Waals surface area contributed by atoms with E-state index in [1.807, 2.05) is 30.3 Å². The third kappa shape index (κ3) is 3.84. The first-order valence-corrected chi connectivity index (χ1v) is 8.73. The molecule has 0 saturated heterocycles. The van der Waals surface area contributed by atoms with Crippen LogP contribution < -0.4 is 10.0 Å². The van der Waals surface area contributed by atoms with Gasteiger partial charge >= 0.3 is 0 Å². The molecule has 2 aromatic carbocycles. The molecule has 0 atom stereocenters. The third-order valence-electron chi connectivity index (χ3n) is 3.19. The summed E-state index contributed by atoms with van der Waals surface area (Å²) in [6, 6.07) is 13.2. The molecule has 4 nitrogen and oxygen atoms in total. The lowest BCUT2D eigenvalue weighted by Gasteiger charge is -2.12. The predicted octanol–water partition coefficient (Wildman–Crippen LogP) is 3.28. The van der Waals surface area contributed by atoms with Crippen LogP contribution >= 0.6 is 15.9 Å². The van der Waals surface area contributed by atoms with Crippen LogP contribution in [0.25, 0.3) is 0 Å². The van der Waals surface area contributed by atoms with Gasteiger partial charge in [0.05, 0.1) is 4.90 Å². The summed E-state index contributed by atoms with van der Waals surface area (Å²) in [7, 11) is -2.03. The van der Waals surface area contributed by atoms with Gasteiger partial charge in [0, 0.05) is 16.7 Å². The van der Waals surface area contributed by atoms with E-state index in [2.05, 4.69) is 26.0 Å². The highest BCUT2D eigenvalue weighted by Gasteiger charge is 2.15. The van der Waals surface area contributed by atoms with Crippen molar-refractivity contribution in [1.29, 1.82) is 0 Å². The van der Waals surface area contributed by atoms with E-state index < -0.39 is 10.0 Å². The first-order valence-electron chi connectivity index (χ1n) is 6.45. The molecule has 0 amide bonds. The smallest absolute Gasteiger partial charge is 0.240 e. The van der Waals surface area contributed by atoms with E-state index in [1.54, 1.807) is 19.1 Å². The summed E-state index contributed by atoms with van der Waals surface area (Å²) in [4.78, 5) is 0.294. The summed E-state index contributed by atoms with van der Waals surface area (Å²) in [5, 5.41) is 3.24. The van der Waals surface area contributed by atoms with E-state index in [4.69, 9.17) is 0 Å². The standard InChI is InChI=1S/C15H17BrN2O2S/c1-11-7-8-13(9-15(11)21(19,20)17-2)18-10-12-5-3-4-6-14(12)16/h3-9,17-18H,10H2,1-2H3. The number of sulfonamides is 1. The third-order valence-corrected chi connectivity index (χ3v) is 5.52. The average Bonchev–Trinajstić information content (AvgIpc) is 2.47. The molecule has 6 heteroatoms. The van der Waals surface area contributed by atoms with Gasteiger partial charge in [-0.15, -0.1) is 0 Å². The molecule has 0 aliphatic rings. The molecule has 112 valence electrons. The van der Waals surface area contributed by atoms with Crippen LogP contribution in [0.4, 0.5) is 5.69 Å². The van der Waals surface area contributed by atoms with Gasteiger partial charge in [0.25, 0.3) is 0 Å². The zero-order chi connectivity index (χ0) is 15.5. The molecule has 0 aliphatic carbocycles. The highest BCUT2D eigenvalue weighted by atomic mass is 79.9. The maximum absolute atomic E-state index is 12.0. The van der Waals surface area contributed by atoms with Gasteiger partial charge < -0.3 is 5.32 Å². The summed E-state index contributed by atoms with van der Waals surface area (Å²) in [5.74, 6) is 0. The Morgan fingerprint density at radius 1 is 1.14 bits per heavy atom. The molecule has 0 saturated carbocycles. The van der Waals surface area contributed by atoms with Crippen molar-refractivity contribution in [2.24, 2.45) is 0 Å². The zero-order valence-corrected chi connectivity index (χ0v) is 14.3. The fraction of sp³-hybridized carbons (Fsp3) is 0.200. The van der Waals surface area contributed by atoms with Gasteiger partial charge in [-0.1, -0.05) is 40.2 Å². The van der Waals surface area contributed by atoms with Gasteiger partial charge in [-0.3, -0.25) is 0 Å². The summed E-state index contributed by atoms with van der Waals surface area (Å²) < 4.78 is 27.3. The first kappa shape index (κ1) is 16.0. The maximum Gasteiger partial charge on any atom is 0.240 e. The Morgan fingerprint density at radius 2 is 1.86 bits per heavy atom. The predicted molar refractivity (Wildman–Crippen MR) is 88.9 cm³/mol. The van der Waals surface area contributed by atoms with Gasteiger partial charge in [-0.05, 0) is 43.3 Å². The van der Waals surface area contributed by atoms with Crippen LogP contribution in [0.5, 0.6) is 0 Å². The second kappa shape index (κ2) is 6.60. The van der Waals surface area contributed by atoms with Gasteiger partial charge in [-0.25, -0.2) is 13.1 Å². The lowest BCUT2D eigenvalue weighted by Crippen LogP contribution is -2.19. The topological polar surface area (TPSA) is 58.2 Å². The van der Waals surface area contributed by atoms with Crippen LogP contribution in [-0.4, -0.2) is 15.5 Å². The van der Waals surface area contributed by atoms with Crippen molar-refractivity contribution in [2.45, 2.75) is 18.4 Å². The molecular weight excluding hydrogens is 352 g/mol. The molecule has 0 heterocycles. The fourth-order valence-electron chi connectivity index (χ4n) is 1.95. The number of hydrogen-bond acceptors (Lipinski definition) is 3. The van der Waals surface area contributed by atoms with Gasteiger partial charge in [0.1, 0.15) is 0 Å². The van der Waals surface area contributed by atoms with Crippen molar-refractivity contribution in [3.05, 3.63) is 58.1 Å². The lowest BCUT2D eigenvalue weighted by molar-refractivity contribution is 0.587. The molecule has 0 spiro atoms. The molecule has 2 aromatic rings. The van der Waals surface area contributed by atoms with Gasteiger partial charge in [-0.2, -0.15) is 0 Å². The fourth-order valence-corrected chi connectivity index (χ4v) is 3.37. The largest absolute Gasteiger partial charge is 0.381 e. The Bertz CT molecular complexity index is 745. The normalized spacial score (nSPS) is 11.4. The Balaban J connectivity index is 2.23. The number of benzene rings is 2. The van der Waals surface area contributed by atoms with Crippen molar-refractivity contribution in [3.8, 4) is 0 Å². The molecule has 2 rings (SSSR count). The number of hydrogen-bond donors (Lipinski definition) is 2. The number of rotatable bonds is 5. The van der Waals surface area contributed by atoms with Crippen LogP contribution in [0.3, 0.4) is 0 Å². The summed E-state index contributed by atoms with van der Waals surface area (Å²) in [6.07, 6.45) is 0. The molecular formula is C15H17BrN2O2S. The Hall–Kier alpha value is -1.37. The molecule has 2 N–H and O–H groups in total. The van der Waals surface area contributed by atoms with Crippen molar-refractivity contribution in [1.82, 2.24) is 4.72 Å². The van der Waals surface area contributed by atoms with Crippen LogP contribution in [0.15, 0.2) is 51.8 Å². The average molecular weight is 369 g/mol. The van der Waals surface area contributed by atoms with Crippen molar-refractivity contribution < 1.29 is 8.42 Å². The zero-order valence-electron chi connectivity index (χ0n) is 11.9. The molecule has 0 bridgehead atoms.